The van der Waals surface area contributed by atoms with Gasteiger partial charge >= 0.3 is 0 Å². The fraction of sp³-hybridized carbons (Fsp3) is 0.286. The molecule has 0 spiro atoms. The molecule has 0 heterocycles. The van der Waals surface area contributed by atoms with E-state index < -0.39 is 0 Å². The van der Waals surface area contributed by atoms with Gasteiger partial charge < -0.3 is 0 Å². The molecule has 0 atom stereocenters. The molecule has 0 saturated carbocycles. The highest BCUT2D eigenvalue weighted by molar-refractivity contribution is 6.30. The van der Waals surface area contributed by atoms with Crippen molar-refractivity contribution in [1.82, 2.24) is 0 Å². The highest BCUT2D eigenvalue weighted by atomic mass is 35.5. The lowest BCUT2D eigenvalue weighted by Gasteiger charge is -2.01. The van der Waals surface area contributed by atoms with Crippen LogP contribution in [0.2, 0.25) is 5.02 Å². The van der Waals surface area contributed by atoms with Gasteiger partial charge in [-0.3, -0.25) is 0 Å². The van der Waals surface area contributed by atoms with Crippen molar-refractivity contribution in [2.24, 2.45) is 0 Å². The van der Waals surface area contributed by atoms with E-state index in [0.29, 0.717) is 0 Å². The van der Waals surface area contributed by atoms with E-state index >= 15 is 0 Å². The summed E-state index contributed by atoms with van der Waals surface area (Å²) in [4.78, 5) is 0. The van der Waals surface area contributed by atoms with Crippen molar-refractivity contribution in [3.05, 3.63) is 52.6 Å². The SMILES string of the molecule is CC/C(C)=C/C=C(\C)c1cccc(Cl)c1. The molecule has 80 valence electrons. The van der Waals surface area contributed by atoms with Gasteiger partial charge in [0.15, 0.2) is 0 Å². The summed E-state index contributed by atoms with van der Waals surface area (Å²) in [7, 11) is 0. The Hall–Kier alpha value is -1.01. The van der Waals surface area contributed by atoms with Crippen LogP contribution >= 0.6 is 11.6 Å². The fourth-order valence-corrected chi connectivity index (χ4v) is 1.41. The molecule has 0 nitrogen and oxygen atoms in total. The molecule has 1 heteroatoms. The lowest BCUT2D eigenvalue weighted by Crippen LogP contribution is -1.78. The lowest BCUT2D eigenvalue weighted by molar-refractivity contribution is 1.10. The van der Waals surface area contributed by atoms with Crippen LogP contribution in [-0.4, -0.2) is 0 Å². The summed E-state index contributed by atoms with van der Waals surface area (Å²) >= 11 is 5.94. The van der Waals surface area contributed by atoms with Gasteiger partial charge in [0.05, 0.1) is 0 Å². The standard InChI is InChI=1S/C14H17Cl/c1-4-11(2)8-9-12(3)13-6-5-7-14(15)10-13/h5-10H,4H2,1-3H3/b11-8+,12-9+. The zero-order valence-corrected chi connectivity index (χ0v) is 10.3. The zero-order valence-electron chi connectivity index (χ0n) is 9.55. The molecule has 0 saturated heterocycles. The minimum atomic E-state index is 0.788. The molecule has 0 N–H and O–H groups in total. The van der Waals surface area contributed by atoms with Gasteiger partial charge in [0.1, 0.15) is 0 Å². The Morgan fingerprint density at radius 1 is 1.27 bits per heavy atom. The minimum absolute atomic E-state index is 0.788. The molecule has 0 aliphatic heterocycles. The minimum Gasteiger partial charge on any atom is -0.0843 e. The van der Waals surface area contributed by atoms with Crippen molar-refractivity contribution in [3.8, 4) is 0 Å². The fourth-order valence-electron chi connectivity index (χ4n) is 1.22. The van der Waals surface area contributed by atoms with E-state index in [1.165, 1.54) is 16.7 Å². The van der Waals surface area contributed by atoms with Crippen molar-refractivity contribution in [2.75, 3.05) is 0 Å². The first-order valence-corrected chi connectivity index (χ1v) is 5.61. The molecule has 1 aromatic carbocycles. The molecular weight excluding hydrogens is 204 g/mol. The van der Waals surface area contributed by atoms with Crippen LogP contribution < -0.4 is 0 Å². The zero-order chi connectivity index (χ0) is 11.3. The smallest absolute Gasteiger partial charge is 0.0412 e. The van der Waals surface area contributed by atoms with Gasteiger partial charge in [-0.2, -0.15) is 0 Å². The van der Waals surface area contributed by atoms with Crippen molar-refractivity contribution in [1.29, 1.82) is 0 Å². The maximum Gasteiger partial charge on any atom is 0.0412 e. The van der Waals surface area contributed by atoms with Crippen LogP contribution in [-0.2, 0) is 0 Å². The molecule has 1 rings (SSSR count). The van der Waals surface area contributed by atoms with Gasteiger partial charge in [0.2, 0.25) is 0 Å². The second-order valence-electron chi connectivity index (χ2n) is 3.73. The van der Waals surface area contributed by atoms with Crippen molar-refractivity contribution in [3.63, 3.8) is 0 Å². The topological polar surface area (TPSA) is 0 Å². The predicted molar refractivity (Wildman–Crippen MR) is 69.2 cm³/mol. The molecule has 0 bridgehead atoms. The Labute approximate surface area is 97.3 Å². The number of hydrogen-bond donors (Lipinski definition) is 0. The van der Waals surface area contributed by atoms with Crippen LogP contribution in [0.15, 0.2) is 42.0 Å². The molecule has 0 fully saturated rings. The van der Waals surface area contributed by atoms with Gasteiger partial charge in [-0.1, -0.05) is 48.4 Å². The summed E-state index contributed by atoms with van der Waals surface area (Å²) in [5.74, 6) is 0. The van der Waals surface area contributed by atoms with Crippen LogP contribution in [0.25, 0.3) is 5.57 Å². The number of hydrogen-bond acceptors (Lipinski definition) is 0. The highest BCUT2D eigenvalue weighted by Crippen LogP contribution is 2.18. The molecule has 0 radical (unpaired) electrons. The Kier molecular flexibility index (Phi) is 4.64. The summed E-state index contributed by atoms with van der Waals surface area (Å²) in [6.45, 7) is 6.40. The van der Waals surface area contributed by atoms with Crippen molar-refractivity contribution < 1.29 is 0 Å². The van der Waals surface area contributed by atoms with Crippen molar-refractivity contribution in [2.45, 2.75) is 27.2 Å². The number of allylic oxidation sites excluding steroid dienone is 4. The molecule has 0 unspecified atom stereocenters. The molecule has 1 aromatic rings. The van der Waals surface area contributed by atoms with Crippen molar-refractivity contribution >= 4 is 17.2 Å². The average molecular weight is 221 g/mol. The summed E-state index contributed by atoms with van der Waals surface area (Å²) in [6.07, 6.45) is 5.40. The van der Waals surface area contributed by atoms with Crippen LogP contribution in [0.3, 0.4) is 0 Å². The third kappa shape index (κ3) is 3.93. The van der Waals surface area contributed by atoms with Crippen LogP contribution in [0, 0.1) is 0 Å². The van der Waals surface area contributed by atoms with E-state index in [-0.39, 0.29) is 0 Å². The molecular formula is C14H17Cl. The van der Waals surface area contributed by atoms with Crippen LogP contribution in [0.5, 0.6) is 0 Å². The Morgan fingerprint density at radius 3 is 2.60 bits per heavy atom. The van der Waals surface area contributed by atoms with Crippen LogP contribution in [0.4, 0.5) is 0 Å². The third-order valence-electron chi connectivity index (χ3n) is 2.46. The van der Waals surface area contributed by atoms with E-state index in [4.69, 9.17) is 11.6 Å². The second-order valence-corrected chi connectivity index (χ2v) is 4.16. The summed E-state index contributed by atoms with van der Waals surface area (Å²) in [5.41, 5.74) is 3.81. The maximum atomic E-state index is 5.94. The Bertz CT molecular complexity index is 386. The van der Waals surface area contributed by atoms with Gasteiger partial charge in [-0.15, -0.1) is 0 Å². The number of rotatable bonds is 3. The number of halogens is 1. The maximum absolute atomic E-state index is 5.94. The first-order chi connectivity index (χ1) is 7.13. The van der Waals surface area contributed by atoms with Crippen LogP contribution in [0.1, 0.15) is 32.8 Å². The van der Waals surface area contributed by atoms with E-state index in [9.17, 15) is 0 Å². The Morgan fingerprint density at radius 2 is 2.00 bits per heavy atom. The molecule has 0 amide bonds. The van der Waals surface area contributed by atoms with Gasteiger partial charge in [-0.25, -0.2) is 0 Å². The largest absolute Gasteiger partial charge is 0.0843 e. The van der Waals surface area contributed by atoms with E-state index in [1.54, 1.807) is 0 Å². The number of benzene rings is 1. The van der Waals surface area contributed by atoms with Gasteiger partial charge in [0, 0.05) is 5.02 Å². The summed E-state index contributed by atoms with van der Waals surface area (Å²) in [5, 5.41) is 0.788. The molecule has 15 heavy (non-hydrogen) atoms. The Balaban J connectivity index is 2.89. The normalized spacial score (nSPS) is 13.1. The predicted octanol–water partition coefficient (Wildman–Crippen LogP) is 5.10. The van der Waals surface area contributed by atoms with E-state index in [2.05, 4.69) is 39.0 Å². The van der Waals surface area contributed by atoms with E-state index in [1.807, 2.05) is 18.2 Å². The third-order valence-corrected chi connectivity index (χ3v) is 2.69. The lowest BCUT2D eigenvalue weighted by atomic mass is 10.1. The van der Waals surface area contributed by atoms with Gasteiger partial charge in [0.25, 0.3) is 0 Å². The van der Waals surface area contributed by atoms with E-state index in [0.717, 1.165) is 11.4 Å². The van der Waals surface area contributed by atoms with Gasteiger partial charge in [-0.05, 0) is 43.5 Å². The monoisotopic (exact) mass is 220 g/mol. The molecule has 0 aliphatic carbocycles. The quantitative estimate of drug-likeness (QED) is 0.622. The molecule has 0 aromatic heterocycles. The second kappa shape index (κ2) is 5.77. The molecule has 0 aliphatic rings. The highest BCUT2D eigenvalue weighted by Gasteiger charge is 1.95. The first-order valence-electron chi connectivity index (χ1n) is 5.23. The summed E-state index contributed by atoms with van der Waals surface area (Å²) < 4.78 is 0. The average Bonchev–Trinajstić information content (AvgIpc) is 2.25. The summed E-state index contributed by atoms with van der Waals surface area (Å²) in [6, 6.07) is 7.94. The first kappa shape index (κ1) is 12.1.